The molecule has 64 heavy (non-hydrogen) atoms. The van der Waals surface area contributed by atoms with Crippen molar-refractivity contribution in [3.05, 3.63) is 0 Å². The second-order valence-electron chi connectivity index (χ2n) is 27.0. The summed E-state index contributed by atoms with van der Waals surface area (Å²) in [7, 11) is 0. The Balaban J connectivity index is 0.946. The third-order valence-corrected chi connectivity index (χ3v) is 23.9. The Morgan fingerprint density at radius 1 is 0.172 bits per heavy atom. The third kappa shape index (κ3) is 10.2. The van der Waals surface area contributed by atoms with Crippen LogP contribution < -0.4 is 0 Å². The summed E-state index contributed by atoms with van der Waals surface area (Å²) in [5, 5.41) is 0. The van der Waals surface area contributed by atoms with Gasteiger partial charge < -0.3 is 0 Å². The van der Waals surface area contributed by atoms with Crippen molar-refractivity contribution >= 4 is 0 Å². The van der Waals surface area contributed by atoms with Crippen LogP contribution in [-0.4, -0.2) is 46.1 Å². The van der Waals surface area contributed by atoms with E-state index in [1.54, 1.807) is 257 Å². The van der Waals surface area contributed by atoms with Crippen LogP contribution in [0, 0.1) is 71.0 Å². The van der Waals surface area contributed by atoms with Crippen LogP contribution in [-0.2, 0) is 0 Å². The monoisotopic (exact) mass is 879 g/mol. The lowest BCUT2D eigenvalue weighted by atomic mass is 9.53. The summed E-state index contributed by atoms with van der Waals surface area (Å²) in [5.74, 6) is 12.4. The van der Waals surface area contributed by atoms with E-state index in [9.17, 15) is 0 Å². The molecule has 0 heterocycles. The molecule has 0 aromatic rings. The summed E-state index contributed by atoms with van der Waals surface area (Å²) in [6, 6.07) is 5.46. The van der Waals surface area contributed by atoms with Crippen molar-refractivity contribution in [3.8, 4) is 0 Å². The van der Waals surface area contributed by atoms with Crippen LogP contribution in [0.2, 0.25) is 0 Å². The minimum Gasteiger partial charge on any atom is -0.294 e. The molecule has 0 aromatic heterocycles. The van der Waals surface area contributed by atoms with Crippen molar-refractivity contribution in [1.29, 1.82) is 0 Å². The average Bonchev–Trinajstić information content (AvgIpc) is 3.38. The Kier molecular flexibility index (Phi) is 16.2. The maximum absolute atomic E-state index is 3.65. The highest BCUT2D eigenvalue weighted by Gasteiger charge is 2.58. The van der Waals surface area contributed by atoms with E-state index >= 15 is 0 Å². The lowest BCUT2D eigenvalue weighted by molar-refractivity contribution is -0.154. The molecule has 12 atom stereocenters. The Morgan fingerprint density at radius 2 is 0.375 bits per heavy atom. The van der Waals surface area contributed by atoms with Gasteiger partial charge in [0, 0.05) is 36.3 Å². The van der Waals surface area contributed by atoms with Gasteiger partial charge in [-0.05, 0) is 148 Å². The maximum Gasteiger partial charge on any atom is 0.0164 e. The third-order valence-electron chi connectivity index (χ3n) is 23.9. The molecule has 0 amide bonds. The van der Waals surface area contributed by atoms with Crippen molar-refractivity contribution in [3.63, 3.8) is 0 Å². The maximum atomic E-state index is 3.65. The van der Waals surface area contributed by atoms with E-state index in [1.807, 2.05) is 0 Å². The average molecular weight is 880 g/mol. The summed E-state index contributed by atoms with van der Waals surface area (Å²) >= 11 is 0. The Bertz CT molecular complexity index is 1180. The number of hydrogen-bond donors (Lipinski definition) is 0. The van der Waals surface area contributed by atoms with Crippen molar-refractivity contribution < 1.29 is 0 Å². The van der Waals surface area contributed by atoms with E-state index in [4.69, 9.17) is 0 Å². The molecule has 0 radical (unpaired) electrons. The van der Waals surface area contributed by atoms with Gasteiger partial charge in [-0.1, -0.05) is 205 Å². The summed E-state index contributed by atoms with van der Waals surface area (Å²) in [6.45, 7) is 0. The van der Waals surface area contributed by atoms with E-state index in [1.165, 1.54) is 25.7 Å². The zero-order valence-electron chi connectivity index (χ0n) is 42.4. The van der Waals surface area contributed by atoms with Gasteiger partial charge in [-0.3, -0.25) is 9.80 Å². The molecule has 0 aliphatic heterocycles. The predicted molar refractivity (Wildman–Crippen MR) is 271 cm³/mol. The molecule has 0 aromatic carbocycles. The molecule has 11 aliphatic rings. The van der Waals surface area contributed by atoms with Gasteiger partial charge >= 0.3 is 0 Å². The Hall–Kier alpha value is -0.0800. The van der Waals surface area contributed by atoms with Gasteiger partial charge in [-0.25, -0.2) is 0 Å². The van der Waals surface area contributed by atoms with Gasteiger partial charge in [0.05, 0.1) is 0 Å². The van der Waals surface area contributed by atoms with Gasteiger partial charge in [-0.2, -0.15) is 0 Å². The molecule has 0 saturated heterocycles. The van der Waals surface area contributed by atoms with Crippen LogP contribution in [0.4, 0.5) is 0 Å². The van der Waals surface area contributed by atoms with E-state index in [2.05, 4.69) is 9.80 Å². The molecule has 2 heteroatoms. The summed E-state index contributed by atoms with van der Waals surface area (Å²) in [5.41, 5.74) is 0. The lowest BCUT2D eigenvalue weighted by Crippen LogP contribution is -2.69. The SMILES string of the molecule is C1CCC(C2CCCC(N(C3CCCC(C4CCCCC4)C3)C3C4CCCCC4C(N(C4CCCC(C5CCCCC5)C4)C4CCCC(C5CCCCC5)C4)C4CCCCC43)C2)CC1. The smallest absolute Gasteiger partial charge is 0.0164 e. The van der Waals surface area contributed by atoms with E-state index in [0.29, 0.717) is 0 Å². The highest BCUT2D eigenvalue weighted by atomic mass is 15.3. The molecule has 12 unspecified atom stereocenters. The highest BCUT2D eigenvalue weighted by Crippen LogP contribution is 2.58. The Labute approximate surface area is 397 Å². The quantitative estimate of drug-likeness (QED) is 0.216. The van der Waals surface area contributed by atoms with Crippen molar-refractivity contribution in [2.24, 2.45) is 71.0 Å². The van der Waals surface area contributed by atoms with Crippen LogP contribution in [0.3, 0.4) is 0 Å². The second kappa shape index (κ2) is 22.3. The minimum absolute atomic E-state index is 0.905. The molecule has 11 aliphatic carbocycles. The summed E-state index contributed by atoms with van der Waals surface area (Å²) < 4.78 is 0. The standard InChI is InChI=1S/C62H106N2/c1-5-21-45(22-6-1)49-29-17-33-53(41-49)63(54-34-18-30-50(42-54)46-23-7-2-8-24-46)61-57-37-13-15-39-59(57)62(60-40-16-14-38-58(60)61)64(55-35-19-31-51(43-55)47-25-9-3-10-26-47)56-36-20-32-52(44-56)48-27-11-4-12-28-48/h45-62H,1-44H2. The number of fused-ring (bicyclic) bond motifs is 2. The van der Waals surface area contributed by atoms with Crippen LogP contribution in [0.25, 0.3) is 0 Å². The first-order chi connectivity index (χ1) is 31.8. The van der Waals surface area contributed by atoms with Crippen LogP contribution in [0.15, 0.2) is 0 Å². The van der Waals surface area contributed by atoms with Gasteiger partial charge in [0.15, 0.2) is 0 Å². The number of hydrogen-bond acceptors (Lipinski definition) is 2. The molecule has 11 saturated carbocycles. The summed E-state index contributed by atoms with van der Waals surface area (Å²) in [6.07, 6.45) is 68.9. The fraction of sp³-hybridized carbons (Fsp3) is 1.00. The van der Waals surface area contributed by atoms with Gasteiger partial charge in [0.2, 0.25) is 0 Å². The first-order valence-corrected chi connectivity index (χ1v) is 31.3. The van der Waals surface area contributed by atoms with Crippen LogP contribution in [0.1, 0.15) is 283 Å². The fourth-order valence-corrected chi connectivity index (χ4v) is 21.2. The van der Waals surface area contributed by atoms with Crippen LogP contribution >= 0.6 is 0 Å². The van der Waals surface area contributed by atoms with E-state index < -0.39 is 0 Å². The molecular formula is C62H106N2. The molecule has 11 rings (SSSR count). The fourth-order valence-electron chi connectivity index (χ4n) is 21.2. The zero-order valence-corrected chi connectivity index (χ0v) is 42.4. The molecule has 2 nitrogen and oxygen atoms in total. The van der Waals surface area contributed by atoms with Crippen LogP contribution in [0.5, 0.6) is 0 Å². The molecule has 0 spiro atoms. The van der Waals surface area contributed by atoms with Gasteiger partial charge in [-0.15, -0.1) is 0 Å². The van der Waals surface area contributed by atoms with Crippen molar-refractivity contribution in [2.45, 2.75) is 319 Å². The minimum atomic E-state index is 0.905. The first kappa shape index (κ1) is 46.3. The summed E-state index contributed by atoms with van der Waals surface area (Å²) in [4.78, 5) is 7.30. The largest absolute Gasteiger partial charge is 0.294 e. The van der Waals surface area contributed by atoms with Crippen molar-refractivity contribution in [1.82, 2.24) is 9.80 Å². The van der Waals surface area contributed by atoms with Gasteiger partial charge in [0.1, 0.15) is 0 Å². The highest BCUT2D eigenvalue weighted by molar-refractivity contribution is 5.11. The van der Waals surface area contributed by atoms with Gasteiger partial charge in [0.25, 0.3) is 0 Å². The molecular weight excluding hydrogens is 773 g/mol. The lowest BCUT2D eigenvalue weighted by Gasteiger charge is -2.65. The Morgan fingerprint density at radius 3 is 0.609 bits per heavy atom. The van der Waals surface area contributed by atoms with Crippen molar-refractivity contribution in [2.75, 3.05) is 0 Å². The number of rotatable bonds is 10. The first-order valence-electron chi connectivity index (χ1n) is 31.3. The predicted octanol–water partition coefficient (Wildman–Crippen LogP) is 17.5. The second-order valence-corrected chi connectivity index (χ2v) is 27.0. The molecule has 364 valence electrons. The molecule has 0 N–H and O–H groups in total. The number of nitrogens with zero attached hydrogens (tertiary/aromatic N) is 2. The molecule has 0 bridgehead atoms. The topological polar surface area (TPSA) is 6.48 Å². The molecule has 11 fully saturated rings. The normalized spacial score (nSPS) is 44.3. The zero-order chi connectivity index (χ0) is 42.7. The van der Waals surface area contributed by atoms with E-state index in [0.717, 1.165) is 107 Å². The van der Waals surface area contributed by atoms with E-state index in [-0.39, 0.29) is 0 Å².